The van der Waals surface area contributed by atoms with Gasteiger partial charge in [-0.3, -0.25) is 24.4 Å². The van der Waals surface area contributed by atoms with Gasteiger partial charge in [-0.25, -0.2) is 5.06 Å². The Hall–Kier alpha value is -2.16. The summed E-state index contributed by atoms with van der Waals surface area (Å²) < 4.78 is 0. The third-order valence-corrected chi connectivity index (χ3v) is 6.81. The molecule has 0 aromatic carbocycles. The van der Waals surface area contributed by atoms with Crippen LogP contribution < -0.4 is 10.6 Å². The van der Waals surface area contributed by atoms with E-state index in [1.165, 1.54) is 0 Å². The highest BCUT2D eigenvalue weighted by molar-refractivity contribution is 5.89. The number of hydroxylamine groups is 2. The van der Waals surface area contributed by atoms with Gasteiger partial charge in [0.15, 0.2) is 0 Å². The topological polar surface area (TPSA) is 119 Å². The summed E-state index contributed by atoms with van der Waals surface area (Å²) >= 11 is 0. The maximum Gasteiger partial charge on any atom is 0.244 e. The van der Waals surface area contributed by atoms with Crippen molar-refractivity contribution in [1.82, 2.24) is 20.6 Å². The quantitative estimate of drug-likeness (QED) is 0.210. The van der Waals surface area contributed by atoms with E-state index in [0.29, 0.717) is 36.8 Å². The number of carbonyl (C=O) groups is 4. The summed E-state index contributed by atoms with van der Waals surface area (Å²) in [5.74, 6) is -0.535. The van der Waals surface area contributed by atoms with Gasteiger partial charge in [-0.05, 0) is 38.0 Å². The Morgan fingerprint density at radius 3 is 2.33 bits per heavy atom. The van der Waals surface area contributed by atoms with Gasteiger partial charge in [-0.15, -0.1) is 0 Å². The summed E-state index contributed by atoms with van der Waals surface area (Å²) in [7, 11) is 0. The number of likely N-dealkylation sites (tertiary alicyclic amines) is 1. The molecule has 30 heavy (non-hydrogen) atoms. The fraction of sp³-hybridized carbons (Fsp3) is 0.810. The van der Waals surface area contributed by atoms with Crippen molar-refractivity contribution in [2.45, 2.75) is 70.3 Å². The smallest absolute Gasteiger partial charge is 0.244 e. The standard InChI is InChI=1S/C21H34N4O5/c26-14-24(30)12-17(11-15-5-1-2-6-15)21(29)25-10-4-9-18(25)20(28)23-13-22-19(27)16-7-3-8-16/h14-18,30H,1-13H2,(H,22,27)(H,23,28)/t17-,18+/m1/s1. The first-order valence-corrected chi connectivity index (χ1v) is 11.3. The summed E-state index contributed by atoms with van der Waals surface area (Å²) in [5.41, 5.74) is 0. The largest absolute Gasteiger partial charge is 0.338 e. The fourth-order valence-corrected chi connectivity index (χ4v) is 4.86. The van der Waals surface area contributed by atoms with E-state index in [1.54, 1.807) is 4.90 Å². The first-order chi connectivity index (χ1) is 14.5. The molecule has 0 aromatic rings. The molecule has 0 bridgehead atoms. The third kappa shape index (κ3) is 5.71. The Labute approximate surface area is 177 Å². The second kappa shape index (κ2) is 10.7. The van der Waals surface area contributed by atoms with Crippen LogP contribution in [-0.4, -0.2) is 65.1 Å². The fourth-order valence-electron chi connectivity index (χ4n) is 4.86. The second-order valence-electron chi connectivity index (χ2n) is 8.89. The Bertz CT molecular complexity index is 633. The minimum atomic E-state index is -0.576. The Morgan fingerprint density at radius 2 is 1.70 bits per heavy atom. The van der Waals surface area contributed by atoms with E-state index >= 15 is 0 Å². The number of nitrogens with one attached hydrogen (secondary N) is 2. The van der Waals surface area contributed by atoms with E-state index in [-0.39, 0.29) is 36.9 Å². The van der Waals surface area contributed by atoms with Crippen LogP contribution in [0, 0.1) is 17.8 Å². The molecule has 3 rings (SSSR count). The number of nitrogens with zero attached hydrogens (tertiary/aromatic N) is 2. The van der Waals surface area contributed by atoms with E-state index in [9.17, 15) is 24.4 Å². The van der Waals surface area contributed by atoms with Crippen molar-refractivity contribution in [2.24, 2.45) is 17.8 Å². The van der Waals surface area contributed by atoms with E-state index in [2.05, 4.69) is 10.6 Å². The van der Waals surface area contributed by atoms with Crippen molar-refractivity contribution < 1.29 is 24.4 Å². The lowest BCUT2D eigenvalue weighted by Gasteiger charge is -2.30. The van der Waals surface area contributed by atoms with Crippen molar-refractivity contribution in [2.75, 3.05) is 19.8 Å². The first-order valence-electron chi connectivity index (χ1n) is 11.3. The average molecular weight is 423 g/mol. The summed E-state index contributed by atoms with van der Waals surface area (Å²) in [5, 5.41) is 15.7. The SMILES string of the molecule is O=CN(O)C[C@@H](CC1CCCC1)C(=O)N1CCC[C@H]1C(=O)NCNC(=O)C1CCC1. The van der Waals surface area contributed by atoms with Crippen molar-refractivity contribution in [3.8, 4) is 0 Å². The molecule has 0 radical (unpaired) electrons. The van der Waals surface area contributed by atoms with Crippen molar-refractivity contribution in [3.63, 3.8) is 0 Å². The van der Waals surface area contributed by atoms with Crippen LogP contribution in [0.15, 0.2) is 0 Å². The van der Waals surface area contributed by atoms with Gasteiger partial charge < -0.3 is 15.5 Å². The average Bonchev–Trinajstić information content (AvgIpc) is 3.37. The highest BCUT2D eigenvalue weighted by Crippen LogP contribution is 2.32. The molecular weight excluding hydrogens is 388 g/mol. The molecule has 3 N–H and O–H groups in total. The molecule has 1 saturated heterocycles. The summed E-state index contributed by atoms with van der Waals surface area (Å²) in [6.07, 6.45) is 9.49. The van der Waals surface area contributed by atoms with Gasteiger partial charge in [0.1, 0.15) is 6.04 Å². The molecule has 2 saturated carbocycles. The van der Waals surface area contributed by atoms with Gasteiger partial charge >= 0.3 is 0 Å². The predicted molar refractivity (Wildman–Crippen MR) is 108 cm³/mol. The maximum absolute atomic E-state index is 13.2. The lowest BCUT2D eigenvalue weighted by atomic mass is 9.85. The maximum atomic E-state index is 13.2. The third-order valence-electron chi connectivity index (χ3n) is 6.81. The molecule has 9 heteroatoms. The van der Waals surface area contributed by atoms with E-state index < -0.39 is 12.0 Å². The van der Waals surface area contributed by atoms with Crippen LogP contribution in [-0.2, 0) is 19.2 Å². The highest BCUT2D eigenvalue weighted by Gasteiger charge is 2.38. The van der Waals surface area contributed by atoms with Crippen molar-refractivity contribution >= 4 is 24.1 Å². The molecular formula is C21H34N4O5. The van der Waals surface area contributed by atoms with Gasteiger partial charge in [0.25, 0.3) is 0 Å². The van der Waals surface area contributed by atoms with Crippen LogP contribution in [0.1, 0.15) is 64.2 Å². The number of amides is 4. The number of rotatable bonds is 10. The minimum Gasteiger partial charge on any atom is -0.338 e. The van der Waals surface area contributed by atoms with Gasteiger partial charge in [0.2, 0.25) is 24.1 Å². The zero-order chi connectivity index (χ0) is 21.5. The monoisotopic (exact) mass is 422 g/mol. The summed E-state index contributed by atoms with van der Waals surface area (Å²) in [6, 6.07) is -0.576. The molecule has 3 aliphatic rings. The van der Waals surface area contributed by atoms with Gasteiger partial charge in [0.05, 0.1) is 19.1 Å². The highest BCUT2D eigenvalue weighted by atomic mass is 16.5. The minimum absolute atomic E-state index is 0.0329. The molecule has 0 aromatic heterocycles. The van der Waals surface area contributed by atoms with Crippen LogP contribution in [0.5, 0.6) is 0 Å². The van der Waals surface area contributed by atoms with Crippen LogP contribution in [0.3, 0.4) is 0 Å². The van der Waals surface area contributed by atoms with Crippen LogP contribution in [0.2, 0.25) is 0 Å². The molecule has 1 aliphatic heterocycles. The van der Waals surface area contributed by atoms with Gasteiger partial charge in [-0.1, -0.05) is 32.1 Å². The van der Waals surface area contributed by atoms with Gasteiger partial charge in [0, 0.05) is 12.5 Å². The van der Waals surface area contributed by atoms with E-state index in [0.717, 1.165) is 51.4 Å². The molecule has 168 valence electrons. The van der Waals surface area contributed by atoms with Crippen LogP contribution in [0.25, 0.3) is 0 Å². The number of hydrogen-bond donors (Lipinski definition) is 3. The predicted octanol–water partition coefficient (Wildman–Crippen LogP) is 1.01. The van der Waals surface area contributed by atoms with Crippen LogP contribution >= 0.6 is 0 Å². The number of carbonyl (C=O) groups excluding carboxylic acids is 4. The summed E-state index contributed by atoms with van der Waals surface area (Å²) in [4.78, 5) is 50.3. The molecule has 1 heterocycles. The summed E-state index contributed by atoms with van der Waals surface area (Å²) in [6.45, 7) is 0.494. The lowest BCUT2D eigenvalue weighted by Crippen LogP contribution is -2.51. The van der Waals surface area contributed by atoms with Crippen molar-refractivity contribution in [3.05, 3.63) is 0 Å². The van der Waals surface area contributed by atoms with E-state index in [4.69, 9.17) is 0 Å². The number of hydrogen-bond acceptors (Lipinski definition) is 5. The molecule has 0 spiro atoms. The Morgan fingerprint density at radius 1 is 1.00 bits per heavy atom. The Balaban J connectivity index is 1.54. The second-order valence-corrected chi connectivity index (χ2v) is 8.89. The van der Waals surface area contributed by atoms with Crippen LogP contribution in [0.4, 0.5) is 0 Å². The first kappa shape index (κ1) is 22.5. The normalized spacial score (nSPS) is 23.0. The zero-order valence-electron chi connectivity index (χ0n) is 17.6. The van der Waals surface area contributed by atoms with Gasteiger partial charge in [-0.2, -0.15) is 0 Å². The molecule has 0 unspecified atom stereocenters. The lowest BCUT2D eigenvalue weighted by molar-refractivity contribution is -0.158. The Kier molecular flexibility index (Phi) is 8.07. The molecule has 9 nitrogen and oxygen atoms in total. The zero-order valence-corrected chi connectivity index (χ0v) is 17.6. The molecule has 2 aliphatic carbocycles. The molecule has 4 amide bonds. The molecule has 3 fully saturated rings. The van der Waals surface area contributed by atoms with Crippen molar-refractivity contribution in [1.29, 1.82) is 0 Å². The molecule has 2 atom stereocenters. The van der Waals surface area contributed by atoms with E-state index in [1.807, 2.05) is 0 Å².